The van der Waals surface area contributed by atoms with E-state index < -0.39 is 17.7 Å². The predicted molar refractivity (Wildman–Crippen MR) is 115 cm³/mol. The van der Waals surface area contributed by atoms with Crippen LogP contribution >= 0.6 is 0 Å². The minimum absolute atomic E-state index is 0.0642. The van der Waals surface area contributed by atoms with E-state index in [0.717, 1.165) is 18.7 Å². The highest BCUT2D eigenvalue weighted by Gasteiger charge is 2.22. The third-order valence-electron chi connectivity index (χ3n) is 4.83. The van der Waals surface area contributed by atoms with Crippen molar-refractivity contribution >= 4 is 23.4 Å². The van der Waals surface area contributed by atoms with Crippen molar-refractivity contribution in [3.05, 3.63) is 59.7 Å². The molecule has 1 unspecified atom stereocenters. The normalized spacial score (nSPS) is 11.6. The summed E-state index contributed by atoms with van der Waals surface area (Å²) in [5.74, 6) is -1.98. The number of anilines is 1. The molecular weight excluding hydrogens is 384 g/mol. The summed E-state index contributed by atoms with van der Waals surface area (Å²) in [7, 11) is 1.42. The van der Waals surface area contributed by atoms with Crippen molar-refractivity contribution in [2.24, 2.45) is 5.73 Å². The summed E-state index contributed by atoms with van der Waals surface area (Å²) in [6, 6.07) is 14.1. The Morgan fingerprint density at radius 2 is 1.70 bits per heavy atom. The highest BCUT2D eigenvalue weighted by atomic mass is 16.5. The molecule has 0 saturated heterocycles. The summed E-state index contributed by atoms with van der Waals surface area (Å²) in [6.07, 6.45) is 0. The van der Waals surface area contributed by atoms with Crippen LogP contribution < -0.4 is 21.1 Å². The van der Waals surface area contributed by atoms with Gasteiger partial charge in [-0.2, -0.15) is 0 Å². The second-order valence-corrected chi connectivity index (χ2v) is 6.59. The van der Waals surface area contributed by atoms with Crippen molar-refractivity contribution < 1.29 is 19.1 Å². The van der Waals surface area contributed by atoms with E-state index in [0.29, 0.717) is 5.75 Å². The summed E-state index contributed by atoms with van der Waals surface area (Å²) in [6.45, 7) is 5.97. The molecule has 0 fully saturated rings. The van der Waals surface area contributed by atoms with Crippen LogP contribution in [-0.2, 0) is 9.59 Å². The van der Waals surface area contributed by atoms with E-state index in [1.54, 1.807) is 0 Å². The number of nitrogens with one attached hydrogen (secondary N) is 2. The van der Waals surface area contributed by atoms with E-state index in [-0.39, 0.29) is 23.8 Å². The maximum Gasteiger partial charge on any atom is 0.313 e. The van der Waals surface area contributed by atoms with Crippen LogP contribution in [0.25, 0.3) is 0 Å². The van der Waals surface area contributed by atoms with Crippen LogP contribution in [-0.4, -0.2) is 49.4 Å². The molecule has 160 valence electrons. The van der Waals surface area contributed by atoms with Crippen LogP contribution in [0.2, 0.25) is 0 Å². The summed E-state index contributed by atoms with van der Waals surface area (Å²) in [4.78, 5) is 38.4. The van der Waals surface area contributed by atoms with E-state index >= 15 is 0 Å². The second-order valence-electron chi connectivity index (χ2n) is 6.59. The third-order valence-corrected chi connectivity index (χ3v) is 4.83. The molecule has 2 rings (SSSR count). The molecular formula is C22H28N4O4. The first-order valence-corrected chi connectivity index (χ1v) is 9.77. The van der Waals surface area contributed by atoms with Crippen LogP contribution in [0.15, 0.2) is 48.5 Å². The van der Waals surface area contributed by atoms with Crippen LogP contribution in [0.3, 0.4) is 0 Å². The number of likely N-dealkylation sites (N-methyl/N-ethyl adjacent to an activating group) is 1. The highest BCUT2D eigenvalue weighted by molar-refractivity contribution is 6.39. The number of carbonyl (C=O) groups is 3. The zero-order valence-electron chi connectivity index (χ0n) is 17.5. The van der Waals surface area contributed by atoms with Crippen molar-refractivity contribution in [3.63, 3.8) is 0 Å². The summed E-state index contributed by atoms with van der Waals surface area (Å²) < 4.78 is 5.17. The Morgan fingerprint density at radius 3 is 2.27 bits per heavy atom. The summed E-state index contributed by atoms with van der Waals surface area (Å²) in [5.41, 5.74) is 6.72. The fourth-order valence-corrected chi connectivity index (χ4v) is 3.21. The number of nitrogens with zero attached hydrogens (tertiary/aromatic N) is 1. The van der Waals surface area contributed by atoms with Gasteiger partial charge in [0.05, 0.1) is 18.8 Å². The van der Waals surface area contributed by atoms with Crippen molar-refractivity contribution in [2.45, 2.75) is 19.9 Å². The molecule has 1 atom stereocenters. The van der Waals surface area contributed by atoms with Gasteiger partial charge in [0, 0.05) is 12.1 Å². The van der Waals surface area contributed by atoms with E-state index in [1.807, 2.05) is 44.2 Å². The maximum atomic E-state index is 12.4. The van der Waals surface area contributed by atoms with E-state index in [1.165, 1.54) is 25.3 Å². The number of rotatable bonds is 9. The van der Waals surface area contributed by atoms with Gasteiger partial charge in [0.25, 0.3) is 0 Å². The Hall–Kier alpha value is -3.39. The highest BCUT2D eigenvalue weighted by Crippen LogP contribution is 2.25. The average molecular weight is 412 g/mol. The molecule has 0 heterocycles. The van der Waals surface area contributed by atoms with Gasteiger partial charge in [-0.1, -0.05) is 44.2 Å². The van der Waals surface area contributed by atoms with Crippen LogP contribution in [0.5, 0.6) is 5.75 Å². The van der Waals surface area contributed by atoms with E-state index in [2.05, 4.69) is 15.5 Å². The number of nitrogens with two attached hydrogens (primary N) is 1. The molecule has 30 heavy (non-hydrogen) atoms. The lowest BCUT2D eigenvalue weighted by atomic mass is 10.1. The van der Waals surface area contributed by atoms with Gasteiger partial charge in [-0.05, 0) is 36.9 Å². The van der Waals surface area contributed by atoms with Gasteiger partial charge in [0.2, 0.25) is 5.91 Å². The van der Waals surface area contributed by atoms with Crippen LogP contribution in [0.4, 0.5) is 5.69 Å². The smallest absolute Gasteiger partial charge is 0.313 e. The molecule has 0 saturated carbocycles. The summed E-state index contributed by atoms with van der Waals surface area (Å²) in [5, 5.41) is 5.18. The maximum absolute atomic E-state index is 12.4. The molecule has 0 aromatic heterocycles. The molecule has 0 aliphatic rings. The van der Waals surface area contributed by atoms with Gasteiger partial charge in [-0.25, -0.2) is 0 Å². The first-order valence-electron chi connectivity index (χ1n) is 9.77. The molecule has 8 nitrogen and oxygen atoms in total. The molecule has 0 radical (unpaired) electrons. The molecule has 8 heteroatoms. The standard InChI is InChI=1S/C22H28N4O4/c1-4-26(5-2)18(15-9-7-6-8-10-15)14-24-21(28)22(29)25-17-13-16(20(23)27)11-12-19(17)30-3/h6-13,18H,4-5,14H2,1-3H3,(H2,23,27)(H,24,28)(H,25,29). The van der Waals surface area contributed by atoms with Crippen molar-refractivity contribution in [3.8, 4) is 5.75 Å². The summed E-state index contributed by atoms with van der Waals surface area (Å²) >= 11 is 0. The van der Waals surface area contributed by atoms with Crippen molar-refractivity contribution in [1.82, 2.24) is 10.2 Å². The Labute approximate surface area is 176 Å². The lowest BCUT2D eigenvalue weighted by Gasteiger charge is -2.30. The fourth-order valence-electron chi connectivity index (χ4n) is 3.21. The number of methoxy groups -OCH3 is 1. The minimum Gasteiger partial charge on any atom is -0.495 e. The van der Waals surface area contributed by atoms with Gasteiger partial charge < -0.3 is 21.1 Å². The zero-order chi connectivity index (χ0) is 22.1. The van der Waals surface area contributed by atoms with Gasteiger partial charge in [-0.3, -0.25) is 19.3 Å². The number of carbonyl (C=O) groups excluding carboxylic acids is 3. The Balaban J connectivity index is 2.10. The van der Waals surface area contributed by atoms with Gasteiger partial charge in [0.15, 0.2) is 0 Å². The van der Waals surface area contributed by atoms with Gasteiger partial charge >= 0.3 is 11.8 Å². The fraction of sp³-hybridized carbons (Fsp3) is 0.318. The Bertz CT molecular complexity index is 882. The SMILES string of the molecule is CCN(CC)C(CNC(=O)C(=O)Nc1cc(C(N)=O)ccc1OC)c1ccccc1. The van der Waals surface area contributed by atoms with E-state index in [4.69, 9.17) is 10.5 Å². The lowest BCUT2D eigenvalue weighted by Crippen LogP contribution is -2.42. The monoisotopic (exact) mass is 412 g/mol. The number of hydrogen-bond donors (Lipinski definition) is 3. The minimum atomic E-state index is -0.860. The van der Waals surface area contributed by atoms with Crippen LogP contribution in [0.1, 0.15) is 35.8 Å². The number of amides is 3. The van der Waals surface area contributed by atoms with E-state index in [9.17, 15) is 14.4 Å². The van der Waals surface area contributed by atoms with Gasteiger partial charge in [0.1, 0.15) is 5.75 Å². The Morgan fingerprint density at radius 1 is 1.03 bits per heavy atom. The molecule has 0 spiro atoms. The number of ether oxygens (including phenoxy) is 1. The Kier molecular flexibility index (Phi) is 8.37. The molecule has 0 aliphatic heterocycles. The average Bonchev–Trinajstić information content (AvgIpc) is 2.76. The number of primary amides is 1. The van der Waals surface area contributed by atoms with Crippen LogP contribution in [0, 0.1) is 0 Å². The molecule has 0 aliphatic carbocycles. The number of benzene rings is 2. The molecule has 3 amide bonds. The van der Waals surface area contributed by atoms with Gasteiger partial charge in [-0.15, -0.1) is 0 Å². The lowest BCUT2D eigenvalue weighted by molar-refractivity contribution is -0.136. The first kappa shape index (κ1) is 22.9. The predicted octanol–water partition coefficient (Wildman–Crippen LogP) is 1.93. The third kappa shape index (κ3) is 5.81. The molecule has 0 bridgehead atoms. The molecule has 2 aromatic carbocycles. The van der Waals surface area contributed by atoms with Crippen molar-refractivity contribution in [1.29, 1.82) is 0 Å². The first-order chi connectivity index (χ1) is 14.4. The largest absolute Gasteiger partial charge is 0.495 e. The number of hydrogen-bond acceptors (Lipinski definition) is 5. The van der Waals surface area contributed by atoms with Crippen molar-refractivity contribution in [2.75, 3.05) is 32.1 Å². The quantitative estimate of drug-likeness (QED) is 0.545. The topological polar surface area (TPSA) is 114 Å². The second kappa shape index (κ2) is 11.0. The molecule has 2 aromatic rings. The molecule has 4 N–H and O–H groups in total. The zero-order valence-corrected chi connectivity index (χ0v) is 17.5.